The van der Waals surface area contributed by atoms with Crippen molar-refractivity contribution in [1.29, 1.82) is 0 Å². The fraction of sp³-hybridized carbons (Fsp3) is 0.360. The molecule has 180 valence electrons. The van der Waals surface area contributed by atoms with Gasteiger partial charge in [-0.15, -0.1) is 10.2 Å². The van der Waals surface area contributed by atoms with Gasteiger partial charge in [-0.1, -0.05) is 42.1 Å². The highest BCUT2D eigenvalue weighted by Gasteiger charge is 2.16. The van der Waals surface area contributed by atoms with Gasteiger partial charge in [-0.25, -0.2) is 0 Å². The van der Waals surface area contributed by atoms with Gasteiger partial charge < -0.3 is 14.8 Å². The third kappa shape index (κ3) is 7.62. The molecule has 1 amide bonds. The Hall–Kier alpha value is -3.33. The van der Waals surface area contributed by atoms with Crippen molar-refractivity contribution in [3.8, 4) is 11.4 Å². The number of nitrogens with zero attached hydrogens (tertiary/aromatic N) is 3. The minimum absolute atomic E-state index is 0.125. The van der Waals surface area contributed by atoms with Crippen LogP contribution in [0, 0.1) is 0 Å². The molecule has 0 radical (unpaired) electrons. The number of thioether (sulfide) groups is 1. The summed E-state index contributed by atoms with van der Waals surface area (Å²) in [5, 5.41) is 12.2. The van der Waals surface area contributed by atoms with Crippen LogP contribution in [0.15, 0.2) is 59.8 Å². The van der Waals surface area contributed by atoms with Gasteiger partial charge in [-0.05, 0) is 50.1 Å². The quantitative estimate of drug-likeness (QED) is 0.225. The fourth-order valence-electron chi connectivity index (χ4n) is 3.28. The molecule has 1 aromatic heterocycles. The van der Waals surface area contributed by atoms with Crippen LogP contribution in [0.25, 0.3) is 5.69 Å². The van der Waals surface area contributed by atoms with Gasteiger partial charge in [0, 0.05) is 25.1 Å². The number of aromatic nitrogens is 3. The predicted molar refractivity (Wildman–Crippen MR) is 131 cm³/mol. The van der Waals surface area contributed by atoms with Gasteiger partial charge in [0.1, 0.15) is 11.6 Å². The molecule has 3 aromatic rings. The van der Waals surface area contributed by atoms with Crippen molar-refractivity contribution >= 4 is 23.6 Å². The van der Waals surface area contributed by atoms with E-state index in [1.807, 2.05) is 66.1 Å². The Bertz CT molecular complexity index is 1050. The number of carbonyl (C=O) groups excluding carboxylic acids is 2. The highest BCUT2D eigenvalue weighted by molar-refractivity contribution is 7.99. The third-order valence-electron chi connectivity index (χ3n) is 4.83. The van der Waals surface area contributed by atoms with Crippen LogP contribution in [0.1, 0.15) is 38.1 Å². The lowest BCUT2D eigenvalue weighted by molar-refractivity contribution is -0.143. The zero-order chi connectivity index (χ0) is 24.2. The molecule has 0 atom stereocenters. The van der Waals surface area contributed by atoms with E-state index in [2.05, 4.69) is 15.5 Å². The summed E-state index contributed by atoms with van der Waals surface area (Å²) in [6, 6.07) is 17.8. The summed E-state index contributed by atoms with van der Waals surface area (Å²) in [6.45, 7) is 5.10. The summed E-state index contributed by atoms with van der Waals surface area (Å²) < 4.78 is 12.4. The molecule has 1 heterocycles. The molecule has 0 unspecified atom stereocenters. The van der Waals surface area contributed by atoms with Crippen molar-refractivity contribution in [2.24, 2.45) is 0 Å². The fourth-order valence-corrected chi connectivity index (χ4v) is 4.08. The van der Waals surface area contributed by atoms with E-state index in [4.69, 9.17) is 9.47 Å². The normalized spacial score (nSPS) is 10.6. The summed E-state index contributed by atoms with van der Waals surface area (Å²) in [7, 11) is 0. The smallest absolute Gasteiger partial charge is 0.305 e. The number of amides is 1. The largest absolute Gasteiger partial charge is 0.494 e. The number of nitrogens with one attached hydrogen (secondary N) is 1. The van der Waals surface area contributed by atoms with E-state index in [9.17, 15) is 9.59 Å². The van der Waals surface area contributed by atoms with E-state index in [1.165, 1.54) is 11.8 Å². The molecule has 0 saturated heterocycles. The molecule has 34 heavy (non-hydrogen) atoms. The van der Waals surface area contributed by atoms with Crippen LogP contribution in [0.2, 0.25) is 0 Å². The van der Waals surface area contributed by atoms with Gasteiger partial charge in [0.15, 0.2) is 5.16 Å². The lowest BCUT2D eigenvalue weighted by atomic mass is 10.1. The second kappa shape index (κ2) is 13.4. The minimum Gasteiger partial charge on any atom is -0.494 e. The van der Waals surface area contributed by atoms with Crippen molar-refractivity contribution in [3.63, 3.8) is 0 Å². The maximum atomic E-state index is 12.3. The van der Waals surface area contributed by atoms with Crippen molar-refractivity contribution in [3.05, 3.63) is 66.0 Å². The van der Waals surface area contributed by atoms with Crippen molar-refractivity contribution in [2.45, 2.75) is 38.3 Å². The summed E-state index contributed by atoms with van der Waals surface area (Å²) in [4.78, 5) is 23.7. The summed E-state index contributed by atoms with van der Waals surface area (Å²) in [5.74, 6) is 1.40. The highest BCUT2D eigenvalue weighted by Crippen LogP contribution is 2.25. The second-order valence-electron chi connectivity index (χ2n) is 7.37. The monoisotopic (exact) mass is 482 g/mol. The van der Waals surface area contributed by atoms with Crippen LogP contribution in [0.5, 0.6) is 5.75 Å². The van der Waals surface area contributed by atoms with Gasteiger partial charge >= 0.3 is 5.97 Å². The predicted octanol–water partition coefficient (Wildman–Crippen LogP) is 3.81. The van der Waals surface area contributed by atoms with Crippen molar-refractivity contribution in [1.82, 2.24) is 20.1 Å². The SMILES string of the molecule is CCOC(=O)CCCNC(=O)CSc1nnc(Cc2ccccc2)n1-c1ccc(OCC)cc1. The Morgan fingerprint density at radius 1 is 1.00 bits per heavy atom. The molecule has 9 heteroatoms. The van der Waals surface area contributed by atoms with E-state index in [-0.39, 0.29) is 24.1 Å². The van der Waals surface area contributed by atoms with Gasteiger partial charge in [-0.3, -0.25) is 14.2 Å². The number of esters is 1. The molecule has 8 nitrogen and oxygen atoms in total. The Kier molecular flexibility index (Phi) is 9.97. The molecule has 0 bridgehead atoms. The van der Waals surface area contributed by atoms with Gasteiger partial charge in [0.2, 0.25) is 5.91 Å². The van der Waals surface area contributed by atoms with Gasteiger partial charge in [0.05, 0.1) is 19.0 Å². The van der Waals surface area contributed by atoms with E-state index in [0.717, 1.165) is 22.8 Å². The van der Waals surface area contributed by atoms with Crippen LogP contribution in [0.3, 0.4) is 0 Å². The van der Waals surface area contributed by atoms with Gasteiger partial charge in [-0.2, -0.15) is 0 Å². The average Bonchev–Trinajstić information content (AvgIpc) is 3.24. The van der Waals surface area contributed by atoms with E-state index < -0.39 is 0 Å². The molecular weight excluding hydrogens is 452 g/mol. The Balaban J connectivity index is 1.67. The molecule has 0 saturated carbocycles. The number of hydrogen-bond acceptors (Lipinski definition) is 7. The standard InChI is InChI=1S/C25H30N4O4S/c1-3-32-21-14-12-20(13-15-21)29-22(17-19-9-6-5-7-10-19)27-28-25(29)34-18-23(30)26-16-8-11-24(31)33-4-2/h5-7,9-10,12-15H,3-4,8,11,16-18H2,1-2H3,(H,26,30). The number of rotatable bonds is 13. The van der Waals surface area contributed by atoms with E-state index in [0.29, 0.717) is 37.8 Å². The van der Waals surface area contributed by atoms with Crippen LogP contribution < -0.4 is 10.1 Å². The zero-order valence-corrected chi connectivity index (χ0v) is 20.3. The first-order valence-electron chi connectivity index (χ1n) is 11.4. The first-order chi connectivity index (χ1) is 16.6. The summed E-state index contributed by atoms with van der Waals surface area (Å²) in [5.41, 5.74) is 2.02. The molecule has 3 rings (SSSR count). The van der Waals surface area contributed by atoms with Crippen LogP contribution >= 0.6 is 11.8 Å². The Morgan fingerprint density at radius 2 is 1.76 bits per heavy atom. The number of carbonyl (C=O) groups is 2. The van der Waals surface area contributed by atoms with Crippen LogP contribution in [-0.2, 0) is 20.7 Å². The van der Waals surface area contributed by atoms with E-state index in [1.54, 1.807) is 6.92 Å². The molecule has 1 N–H and O–H groups in total. The number of ether oxygens (including phenoxy) is 2. The average molecular weight is 483 g/mol. The van der Waals surface area contributed by atoms with Crippen LogP contribution in [-0.4, -0.2) is 52.2 Å². The molecular formula is C25H30N4O4S. The number of hydrogen-bond donors (Lipinski definition) is 1. The first-order valence-corrected chi connectivity index (χ1v) is 12.4. The molecule has 0 spiro atoms. The van der Waals surface area contributed by atoms with Crippen molar-refractivity contribution < 1.29 is 19.1 Å². The lowest BCUT2D eigenvalue weighted by Crippen LogP contribution is -2.26. The lowest BCUT2D eigenvalue weighted by Gasteiger charge is -2.12. The minimum atomic E-state index is -0.250. The molecule has 0 aliphatic rings. The first kappa shape index (κ1) is 25.3. The van der Waals surface area contributed by atoms with Crippen molar-refractivity contribution in [2.75, 3.05) is 25.5 Å². The van der Waals surface area contributed by atoms with Gasteiger partial charge in [0.25, 0.3) is 0 Å². The topological polar surface area (TPSA) is 95.3 Å². The van der Waals surface area contributed by atoms with E-state index >= 15 is 0 Å². The Labute approximate surface area is 204 Å². The Morgan fingerprint density at radius 3 is 2.47 bits per heavy atom. The second-order valence-corrected chi connectivity index (χ2v) is 8.31. The maximum absolute atomic E-state index is 12.3. The zero-order valence-electron chi connectivity index (χ0n) is 19.5. The molecule has 0 aliphatic carbocycles. The molecule has 0 aliphatic heterocycles. The molecule has 0 fully saturated rings. The van der Waals surface area contributed by atoms with Crippen LogP contribution in [0.4, 0.5) is 0 Å². The molecule has 2 aromatic carbocycles. The highest BCUT2D eigenvalue weighted by atomic mass is 32.2. The third-order valence-corrected chi connectivity index (χ3v) is 5.76. The summed E-state index contributed by atoms with van der Waals surface area (Å²) in [6.07, 6.45) is 1.44. The number of benzene rings is 2. The summed E-state index contributed by atoms with van der Waals surface area (Å²) >= 11 is 1.32. The maximum Gasteiger partial charge on any atom is 0.305 e.